The average molecular weight is 224 g/mol. The van der Waals surface area contributed by atoms with E-state index in [0.717, 1.165) is 6.92 Å². The van der Waals surface area contributed by atoms with Gasteiger partial charge >= 0.3 is 5.97 Å². The van der Waals surface area contributed by atoms with Gasteiger partial charge in [-0.1, -0.05) is 0 Å². The summed E-state index contributed by atoms with van der Waals surface area (Å²) in [7, 11) is -3.75. The van der Waals surface area contributed by atoms with Crippen molar-refractivity contribution in [3.05, 3.63) is 0 Å². The zero-order valence-corrected chi connectivity index (χ0v) is 8.37. The molecule has 0 aromatic heterocycles. The van der Waals surface area contributed by atoms with Crippen LogP contribution in [0.2, 0.25) is 0 Å². The Labute approximate surface area is 81.3 Å². The Hall–Kier alpha value is -1.15. The molecule has 0 heterocycles. The third-order valence-electron chi connectivity index (χ3n) is 1.31. The molecule has 0 radical (unpaired) electrons. The molecule has 0 aliphatic rings. The first-order chi connectivity index (χ1) is 6.24. The smallest absolute Gasteiger partial charge is 0.320 e. The Morgan fingerprint density at radius 3 is 2.36 bits per heavy atom. The van der Waals surface area contributed by atoms with Gasteiger partial charge in [0.05, 0.1) is 5.75 Å². The van der Waals surface area contributed by atoms with Gasteiger partial charge in [-0.05, 0) is 6.42 Å². The van der Waals surface area contributed by atoms with Crippen LogP contribution < -0.4 is 10.5 Å². The van der Waals surface area contributed by atoms with E-state index >= 15 is 0 Å². The third-order valence-corrected chi connectivity index (χ3v) is 2.69. The highest BCUT2D eigenvalue weighted by Crippen LogP contribution is 1.94. The number of nitrogens with one attached hydrogen (secondary N) is 1. The topological polar surface area (TPSA) is 127 Å². The van der Waals surface area contributed by atoms with Gasteiger partial charge in [0.25, 0.3) is 0 Å². The van der Waals surface area contributed by atoms with Crippen molar-refractivity contribution in [3.8, 4) is 0 Å². The number of nitrogens with two attached hydrogens (primary N) is 1. The van der Waals surface area contributed by atoms with Crippen molar-refractivity contribution in [1.29, 1.82) is 0 Å². The summed E-state index contributed by atoms with van der Waals surface area (Å²) in [5, 5.41) is 8.35. The molecule has 0 saturated carbocycles. The highest BCUT2D eigenvalue weighted by atomic mass is 32.2. The van der Waals surface area contributed by atoms with E-state index in [1.165, 1.54) is 0 Å². The lowest BCUT2D eigenvalue weighted by Gasteiger charge is -2.06. The van der Waals surface area contributed by atoms with Gasteiger partial charge in [0.1, 0.15) is 6.04 Å². The first-order valence-electron chi connectivity index (χ1n) is 3.74. The molecule has 1 atom stereocenters. The van der Waals surface area contributed by atoms with E-state index in [1.54, 1.807) is 4.72 Å². The molecule has 4 N–H and O–H groups in total. The lowest BCUT2D eigenvalue weighted by molar-refractivity contribution is -0.138. The Morgan fingerprint density at radius 2 is 2.00 bits per heavy atom. The fourth-order valence-electron chi connectivity index (χ4n) is 0.676. The van der Waals surface area contributed by atoms with Crippen molar-refractivity contribution in [2.24, 2.45) is 5.73 Å². The first-order valence-corrected chi connectivity index (χ1v) is 5.39. The highest BCUT2D eigenvalue weighted by Gasteiger charge is 2.17. The number of carboxylic acid groups (broad SMARTS) is 1. The van der Waals surface area contributed by atoms with Gasteiger partial charge in [-0.15, -0.1) is 0 Å². The van der Waals surface area contributed by atoms with Gasteiger partial charge in [-0.2, -0.15) is 0 Å². The minimum Gasteiger partial charge on any atom is -0.480 e. The highest BCUT2D eigenvalue weighted by molar-refractivity contribution is 7.90. The van der Waals surface area contributed by atoms with E-state index in [9.17, 15) is 18.0 Å². The second-order valence-corrected chi connectivity index (χ2v) is 4.55. The number of rotatable bonds is 5. The molecule has 1 unspecified atom stereocenters. The van der Waals surface area contributed by atoms with Crippen molar-refractivity contribution in [3.63, 3.8) is 0 Å². The first kappa shape index (κ1) is 12.8. The molecule has 0 aliphatic heterocycles. The molecule has 0 rings (SSSR count). The maximum Gasteiger partial charge on any atom is 0.320 e. The zero-order valence-electron chi connectivity index (χ0n) is 7.56. The molecule has 0 aliphatic carbocycles. The van der Waals surface area contributed by atoms with Crippen molar-refractivity contribution in [2.75, 3.05) is 5.75 Å². The monoisotopic (exact) mass is 224 g/mol. The number of sulfonamides is 1. The molecule has 0 bridgehead atoms. The third kappa shape index (κ3) is 5.49. The quantitative estimate of drug-likeness (QED) is 0.508. The van der Waals surface area contributed by atoms with Crippen LogP contribution in [-0.4, -0.2) is 37.2 Å². The van der Waals surface area contributed by atoms with Crippen LogP contribution in [-0.2, 0) is 19.6 Å². The second-order valence-electron chi connectivity index (χ2n) is 2.71. The normalized spacial score (nSPS) is 13.3. The average Bonchev–Trinajstić information content (AvgIpc) is 1.97. The van der Waals surface area contributed by atoms with E-state index < -0.39 is 33.7 Å². The summed E-state index contributed by atoms with van der Waals surface area (Å²) in [5.74, 6) is -2.48. The van der Waals surface area contributed by atoms with Crippen LogP contribution in [0.5, 0.6) is 0 Å². The van der Waals surface area contributed by atoms with Crippen molar-refractivity contribution in [1.82, 2.24) is 4.72 Å². The fraction of sp³-hybridized carbons (Fsp3) is 0.667. The molecule has 0 aromatic carbocycles. The summed E-state index contributed by atoms with van der Waals surface area (Å²) in [6.07, 6.45) is -0.238. The standard InChI is InChI=1S/C6H12N2O5S/c1-4(9)8-14(12,13)3-2-5(7)6(10)11/h5H,2-3,7H2,1H3,(H,8,9)(H,10,11). The molecule has 82 valence electrons. The molecule has 0 fully saturated rings. The summed E-state index contributed by atoms with van der Waals surface area (Å²) < 4.78 is 23.7. The minimum absolute atomic E-state index is 0.238. The van der Waals surface area contributed by atoms with Gasteiger partial charge in [0, 0.05) is 6.92 Å². The van der Waals surface area contributed by atoms with Crippen molar-refractivity contribution in [2.45, 2.75) is 19.4 Å². The molecular weight excluding hydrogens is 212 g/mol. The maximum absolute atomic E-state index is 11.0. The van der Waals surface area contributed by atoms with Crippen molar-refractivity contribution < 1.29 is 23.1 Å². The molecule has 8 heteroatoms. The van der Waals surface area contributed by atoms with E-state index in [0.29, 0.717) is 0 Å². The lowest BCUT2D eigenvalue weighted by Crippen LogP contribution is -2.36. The number of carbonyl (C=O) groups is 2. The van der Waals surface area contributed by atoms with Crippen LogP contribution >= 0.6 is 0 Å². The summed E-state index contributed by atoms with van der Waals surface area (Å²) in [4.78, 5) is 20.6. The van der Waals surface area contributed by atoms with Gasteiger partial charge < -0.3 is 10.8 Å². The van der Waals surface area contributed by atoms with E-state index in [1.807, 2.05) is 0 Å². The maximum atomic E-state index is 11.0. The summed E-state index contributed by atoms with van der Waals surface area (Å²) in [6.45, 7) is 1.05. The number of carboxylic acids is 1. The fourth-order valence-corrected chi connectivity index (χ4v) is 1.78. The molecule has 1 amide bonds. The summed E-state index contributed by atoms with van der Waals surface area (Å²) in [6, 6.07) is -1.24. The van der Waals surface area contributed by atoms with E-state index in [-0.39, 0.29) is 6.42 Å². The molecule has 0 spiro atoms. The Balaban J connectivity index is 4.13. The van der Waals surface area contributed by atoms with Crippen molar-refractivity contribution >= 4 is 21.9 Å². The number of carbonyl (C=O) groups excluding carboxylic acids is 1. The van der Waals surface area contributed by atoms with Gasteiger partial charge in [-0.3, -0.25) is 14.3 Å². The summed E-state index contributed by atoms with van der Waals surface area (Å²) >= 11 is 0. The minimum atomic E-state index is -3.75. The number of aliphatic carboxylic acids is 1. The predicted octanol–water partition coefficient (Wildman–Crippen LogP) is -1.75. The largest absolute Gasteiger partial charge is 0.480 e. The Bertz CT molecular complexity index is 323. The van der Waals surface area contributed by atoms with Crippen LogP contribution in [0.4, 0.5) is 0 Å². The van der Waals surface area contributed by atoms with Crippen LogP contribution in [0.1, 0.15) is 13.3 Å². The van der Waals surface area contributed by atoms with Crippen LogP contribution in [0.3, 0.4) is 0 Å². The molecule has 7 nitrogen and oxygen atoms in total. The van der Waals surface area contributed by atoms with Crippen LogP contribution in [0.25, 0.3) is 0 Å². The number of hydrogen-bond acceptors (Lipinski definition) is 5. The Morgan fingerprint density at radius 1 is 1.50 bits per heavy atom. The molecular formula is C6H12N2O5S. The zero-order chi connectivity index (χ0) is 11.4. The summed E-state index contributed by atoms with van der Waals surface area (Å²) in [5.41, 5.74) is 5.08. The van der Waals surface area contributed by atoms with Crippen LogP contribution in [0, 0.1) is 0 Å². The predicted molar refractivity (Wildman–Crippen MR) is 47.8 cm³/mol. The SMILES string of the molecule is CC(=O)NS(=O)(=O)CCC(N)C(=O)O. The van der Waals surface area contributed by atoms with Gasteiger partial charge in [0.15, 0.2) is 0 Å². The molecule has 0 aromatic rings. The number of amides is 1. The molecule has 0 saturated heterocycles. The second kappa shape index (κ2) is 4.91. The van der Waals surface area contributed by atoms with E-state index in [2.05, 4.69) is 0 Å². The van der Waals surface area contributed by atoms with Gasteiger partial charge in [0.2, 0.25) is 15.9 Å². The molecule has 14 heavy (non-hydrogen) atoms. The lowest BCUT2D eigenvalue weighted by atomic mass is 10.2. The Kier molecular flexibility index (Phi) is 4.51. The van der Waals surface area contributed by atoms with Gasteiger partial charge in [-0.25, -0.2) is 8.42 Å². The van der Waals surface area contributed by atoms with E-state index in [4.69, 9.17) is 10.8 Å². The van der Waals surface area contributed by atoms with Crippen LogP contribution in [0.15, 0.2) is 0 Å². The number of hydrogen-bond donors (Lipinski definition) is 3.